The first-order valence-electron chi connectivity index (χ1n) is 7.26. The van der Waals surface area contributed by atoms with Gasteiger partial charge in [-0.3, -0.25) is 4.68 Å². The van der Waals surface area contributed by atoms with Crippen LogP contribution in [0, 0.1) is 11.8 Å². The van der Waals surface area contributed by atoms with Crippen molar-refractivity contribution in [1.82, 2.24) is 20.3 Å². The topological polar surface area (TPSA) is 76.9 Å². The van der Waals surface area contributed by atoms with Crippen molar-refractivity contribution in [1.29, 1.82) is 0 Å². The summed E-state index contributed by atoms with van der Waals surface area (Å²) in [5, 5.41) is 11.5. The minimum absolute atomic E-state index is 0.242. The Hall–Kier alpha value is -0.950. The van der Waals surface area contributed by atoms with Crippen LogP contribution in [0.25, 0.3) is 0 Å². The molecule has 2 unspecified atom stereocenters. The van der Waals surface area contributed by atoms with Gasteiger partial charge in [-0.2, -0.15) is 0 Å². The predicted molar refractivity (Wildman–Crippen MR) is 78.1 cm³/mol. The van der Waals surface area contributed by atoms with Crippen LogP contribution in [0.5, 0.6) is 0 Å². The molecule has 0 amide bonds. The Morgan fingerprint density at radius 3 is 2.90 bits per heavy atom. The van der Waals surface area contributed by atoms with Crippen LogP contribution in [0.4, 0.5) is 0 Å². The lowest BCUT2D eigenvalue weighted by Gasteiger charge is -2.22. The van der Waals surface area contributed by atoms with Gasteiger partial charge in [0.1, 0.15) is 0 Å². The average Bonchev–Trinajstić information content (AvgIpc) is 2.94. The molecule has 2 heterocycles. The molecule has 1 aliphatic rings. The van der Waals surface area contributed by atoms with Crippen LogP contribution >= 0.6 is 0 Å². The molecule has 0 saturated carbocycles. The Morgan fingerprint density at radius 1 is 1.55 bits per heavy atom. The third kappa shape index (κ3) is 4.28. The van der Waals surface area contributed by atoms with Crippen molar-refractivity contribution in [2.75, 3.05) is 24.6 Å². The van der Waals surface area contributed by atoms with E-state index in [2.05, 4.69) is 22.6 Å². The standard InChI is InChI=1S/C13H24N4O2S/c1-3-5-14-8-12(7-13-9-17(2)16-15-13)11-4-6-20(18,19)10-11/h9,11-12,14H,3-8,10H2,1-2H3. The quantitative estimate of drug-likeness (QED) is 0.738. The van der Waals surface area contributed by atoms with E-state index in [1.165, 1.54) is 0 Å². The summed E-state index contributed by atoms with van der Waals surface area (Å²) in [5.41, 5.74) is 0.945. The first-order valence-corrected chi connectivity index (χ1v) is 9.08. The van der Waals surface area contributed by atoms with Crippen LogP contribution < -0.4 is 5.32 Å². The molecule has 0 spiro atoms. The van der Waals surface area contributed by atoms with Gasteiger partial charge in [0.25, 0.3) is 0 Å². The molecule has 1 N–H and O–H groups in total. The van der Waals surface area contributed by atoms with E-state index in [-0.39, 0.29) is 5.92 Å². The first-order chi connectivity index (χ1) is 9.50. The fraction of sp³-hybridized carbons (Fsp3) is 0.846. The molecule has 7 heteroatoms. The molecule has 1 aromatic rings. The molecular weight excluding hydrogens is 276 g/mol. The monoisotopic (exact) mass is 300 g/mol. The highest BCUT2D eigenvalue weighted by molar-refractivity contribution is 7.91. The van der Waals surface area contributed by atoms with Crippen molar-refractivity contribution in [2.24, 2.45) is 18.9 Å². The number of aryl methyl sites for hydroxylation is 1. The maximum absolute atomic E-state index is 11.7. The van der Waals surface area contributed by atoms with Gasteiger partial charge in [-0.15, -0.1) is 5.10 Å². The third-order valence-electron chi connectivity index (χ3n) is 3.89. The molecular formula is C13H24N4O2S. The number of sulfone groups is 1. The van der Waals surface area contributed by atoms with Crippen LogP contribution in [0.2, 0.25) is 0 Å². The fourth-order valence-electron chi connectivity index (χ4n) is 2.82. The molecule has 1 fully saturated rings. The lowest BCUT2D eigenvalue weighted by atomic mass is 9.88. The second kappa shape index (κ2) is 6.67. The van der Waals surface area contributed by atoms with Gasteiger partial charge in [-0.25, -0.2) is 8.42 Å². The predicted octanol–water partition coefficient (Wildman–Crippen LogP) is 0.408. The van der Waals surface area contributed by atoms with Gasteiger partial charge in [0.2, 0.25) is 0 Å². The molecule has 1 aromatic heterocycles. The number of aromatic nitrogens is 3. The van der Waals surface area contributed by atoms with Gasteiger partial charge in [-0.1, -0.05) is 12.1 Å². The zero-order valence-corrected chi connectivity index (χ0v) is 13.1. The summed E-state index contributed by atoms with van der Waals surface area (Å²) in [6.45, 7) is 3.95. The molecule has 1 aliphatic heterocycles. The second-order valence-corrected chi connectivity index (χ2v) is 7.94. The van der Waals surface area contributed by atoms with Crippen molar-refractivity contribution >= 4 is 9.84 Å². The highest BCUT2D eigenvalue weighted by Crippen LogP contribution is 2.27. The van der Waals surface area contributed by atoms with Crippen molar-refractivity contribution in [2.45, 2.75) is 26.2 Å². The van der Waals surface area contributed by atoms with Crippen LogP contribution in [0.1, 0.15) is 25.5 Å². The largest absolute Gasteiger partial charge is 0.316 e. The zero-order chi connectivity index (χ0) is 14.6. The molecule has 0 radical (unpaired) electrons. The van der Waals surface area contributed by atoms with E-state index in [0.717, 1.165) is 38.0 Å². The van der Waals surface area contributed by atoms with Crippen LogP contribution in [-0.2, 0) is 23.3 Å². The molecule has 20 heavy (non-hydrogen) atoms. The second-order valence-electron chi connectivity index (χ2n) is 5.71. The molecule has 0 bridgehead atoms. The smallest absolute Gasteiger partial charge is 0.150 e. The number of rotatable bonds is 7. The van der Waals surface area contributed by atoms with Gasteiger partial charge >= 0.3 is 0 Å². The van der Waals surface area contributed by atoms with Gasteiger partial charge in [0, 0.05) is 13.2 Å². The number of hydrogen-bond donors (Lipinski definition) is 1. The van der Waals surface area contributed by atoms with E-state index in [1.54, 1.807) is 4.68 Å². The van der Waals surface area contributed by atoms with Crippen LogP contribution in [0.3, 0.4) is 0 Å². The molecule has 2 atom stereocenters. The first kappa shape index (κ1) is 15.4. The summed E-state index contributed by atoms with van der Waals surface area (Å²) in [4.78, 5) is 0. The van der Waals surface area contributed by atoms with E-state index in [0.29, 0.717) is 17.4 Å². The molecule has 1 saturated heterocycles. The Kier molecular flexibility index (Phi) is 5.15. The van der Waals surface area contributed by atoms with Crippen LogP contribution in [-0.4, -0.2) is 48.0 Å². The van der Waals surface area contributed by atoms with Crippen molar-refractivity contribution < 1.29 is 8.42 Å². The number of nitrogens with zero attached hydrogens (tertiary/aromatic N) is 3. The lowest BCUT2D eigenvalue weighted by Crippen LogP contribution is -2.31. The van der Waals surface area contributed by atoms with Crippen LogP contribution in [0.15, 0.2) is 6.20 Å². The van der Waals surface area contributed by atoms with E-state index in [4.69, 9.17) is 0 Å². The van der Waals surface area contributed by atoms with Crippen molar-refractivity contribution in [3.8, 4) is 0 Å². The van der Waals surface area contributed by atoms with E-state index < -0.39 is 9.84 Å². The van der Waals surface area contributed by atoms with Gasteiger partial charge in [0.05, 0.1) is 17.2 Å². The van der Waals surface area contributed by atoms with Crippen molar-refractivity contribution in [3.63, 3.8) is 0 Å². The minimum atomic E-state index is -2.83. The fourth-order valence-corrected chi connectivity index (χ4v) is 4.74. The molecule has 2 rings (SSSR count). The summed E-state index contributed by atoms with van der Waals surface area (Å²) >= 11 is 0. The maximum Gasteiger partial charge on any atom is 0.150 e. The molecule has 6 nitrogen and oxygen atoms in total. The highest BCUT2D eigenvalue weighted by Gasteiger charge is 2.33. The summed E-state index contributed by atoms with van der Waals surface area (Å²) in [5.74, 6) is 1.22. The lowest BCUT2D eigenvalue weighted by molar-refractivity contribution is 0.341. The Bertz CT molecular complexity index is 526. The van der Waals surface area contributed by atoms with E-state index in [9.17, 15) is 8.42 Å². The van der Waals surface area contributed by atoms with Gasteiger partial charge in [0.15, 0.2) is 9.84 Å². The maximum atomic E-state index is 11.7. The highest BCUT2D eigenvalue weighted by atomic mass is 32.2. The average molecular weight is 300 g/mol. The molecule has 114 valence electrons. The zero-order valence-electron chi connectivity index (χ0n) is 12.2. The van der Waals surface area contributed by atoms with E-state index >= 15 is 0 Å². The molecule has 0 aromatic carbocycles. The molecule has 0 aliphatic carbocycles. The minimum Gasteiger partial charge on any atom is -0.316 e. The van der Waals surface area contributed by atoms with Gasteiger partial charge < -0.3 is 5.32 Å². The third-order valence-corrected chi connectivity index (χ3v) is 5.68. The Morgan fingerprint density at radius 2 is 2.35 bits per heavy atom. The van der Waals surface area contributed by atoms with Crippen molar-refractivity contribution in [3.05, 3.63) is 11.9 Å². The summed E-state index contributed by atoms with van der Waals surface area (Å²) < 4.78 is 25.1. The SMILES string of the molecule is CCCNCC(Cc1cn(C)nn1)C1CCS(=O)(=O)C1. The summed E-state index contributed by atoms with van der Waals surface area (Å²) in [6, 6.07) is 0. The number of hydrogen-bond acceptors (Lipinski definition) is 5. The summed E-state index contributed by atoms with van der Waals surface area (Å²) in [6.07, 6.45) is 4.57. The Balaban J connectivity index is 2.00. The Labute approximate surface area is 120 Å². The summed E-state index contributed by atoms with van der Waals surface area (Å²) in [7, 11) is -0.979. The van der Waals surface area contributed by atoms with E-state index in [1.807, 2.05) is 13.2 Å². The van der Waals surface area contributed by atoms with Gasteiger partial charge in [-0.05, 0) is 44.2 Å². The normalized spacial score (nSPS) is 23.0. The number of nitrogens with one attached hydrogen (secondary N) is 1.